The van der Waals surface area contributed by atoms with Gasteiger partial charge in [0.25, 0.3) is 11.8 Å². The van der Waals surface area contributed by atoms with Gasteiger partial charge in [-0.3, -0.25) is 4.79 Å². The van der Waals surface area contributed by atoms with Gasteiger partial charge in [0.15, 0.2) is 11.6 Å². The third kappa shape index (κ3) is 3.95. The highest BCUT2D eigenvalue weighted by Gasteiger charge is 2.25. The van der Waals surface area contributed by atoms with Gasteiger partial charge in [-0.2, -0.15) is 13.3 Å². The monoisotopic (exact) mass is 417 g/mol. The van der Waals surface area contributed by atoms with Crippen LogP contribution in [0.4, 0.5) is 18.9 Å². The summed E-state index contributed by atoms with van der Waals surface area (Å²) < 4.78 is 51.0. The van der Waals surface area contributed by atoms with E-state index in [9.17, 15) is 18.0 Å². The van der Waals surface area contributed by atoms with Gasteiger partial charge < -0.3 is 14.5 Å². The molecular weight excluding hydrogens is 403 g/mol. The van der Waals surface area contributed by atoms with Gasteiger partial charge in [0.05, 0.1) is 18.1 Å². The number of fused-ring (bicyclic) bond motifs is 1. The summed E-state index contributed by atoms with van der Waals surface area (Å²) in [6.07, 6.45) is -0.676. The van der Waals surface area contributed by atoms with Crippen LogP contribution >= 0.6 is 0 Å². The minimum atomic E-state index is -3.59. The van der Waals surface area contributed by atoms with Crippen molar-refractivity contribution < 1.29 is 27.1 Å². The van der Waals surface area contributed by atoms with Gasteiger partial charge in [-0.05, 0) is 37.3 Å². The minimum absolute atomic E-state index is 0.0643. The maximum atomic E-state index is 13.7. The summed E-state index contributed by atoms with van der Waals surface area (Å²) in [6.45, 7) is 2.25. The topological polar surface area (TPSA) is 94.5 Å². The zero-order valence-corrected chi connectivity index (χ0v) is 15.7. The Morgan fingerprint density at radius 3 is 2.67 bits per heavy atom. The van der Waals surface area contributed by atoms with Crippen molar-refractivity contribution in [1.82, 2.24) is 19.6 Å². The summed E-state index contributed by atoms with van der Waals surface area (Å²) in [5, 5.41) is 6.80. The molecule has 0 bridgehead atoms. The smallest absolute Gasteiger partial charge is 0.395 e. The lowest BCUT2D eigenvalue weighted by molar-refractivity contribution is -0.160. The first-order valence-electron chi connectivity index (χ1n) is 8.65. The minimum Gasteiger partial charge on any atom is -0.430 e. The first-order chi connectivity index (χ1) is 14.2. The maximum Gasteiger partial charge on any atom is 0.395 e. The molecule has 0 saturated heterocycles. The molecule has 0 spiro atoms. The molecule has 0 saturated carbocycles. The van der Waals surface area contributed by atoms with Gasteiger partial charge in [0.2, 0.25) is 5.71 Å². The molecule has 1 aromatic carbocycles. The molecule has 0 aliphatic carbocycles. The predicted molar refractivity (Wildman–Crippen MR) is 98.8 cm³/mol. The van der Waals surface area contributed by atoms with Crippen molar-refractivity contribution >= 4 is 17.3 Å². The molecule has 0 unspecified atom stereocenters. The number of carbonyl (C=O) groups is 1. The van der Waals surface area contributed by atoms with Crippen LogP contribution in [0, 0.1) is 12.7 Å². The van der Waals surface area contributed by atoms with Crippen LogP contribution in [0.5, 0.6) is 5.75 Å². The van der Waals surface area contributed by atoms with Crippen LogP contribution in [0.1, 0.15) is 23.1 Å². The van der Waals surface area contributed by atoms with Crippen LogP contribution in [0.3, 0.4) is 0 Å². The van der Waals surface area contributed by atoms with E-state index >= 15 is 0 Å². The number of hydrogen-bond donors (Lipinski definition) is 1. The summed E-state index contributed by atoms with van der Waals surface area (Å²) in [4.78, 5) is 20.6. The number of ether oxygens (including phenoxy) is 1. The number of alkyl halides is 2. The first kappa shape index (κ1) is 19.4. The number of nitrogens with one attached hydrogen (secondary N) is 1. The number of nitrogens with zero attached hydrogens (tertiary/aromatic N) is 4. The number of anilines is 1. The fourth-order valence-electron chi connectivity index (χ4n) is 2.64. The maximum absolute atomic E-state index is 13.7. The van der Waals surface area contributed by atoms with Gasteiger partial charge in [0, 0.05) is 12.5 Å². The molecule has 0 radical (unpaired) electrons. The Kier molecular flexibility index (Phi) is 4.65. The number of aryl methyl sites for hydroxylation is 1. The van der Waals surface area contributed by atoms with Crippen LogP contribution in [-0.4, -0.2) is 31.6 Å². The summed E-state index contributed by atoms with van der Waals surface area (Å²) >= 11 is 0. The highest BCUT2D eigenvalue weighted by atomic mass is 19.3. The van der Waals surface area contributed by atoms with E-state index in [4.69, 9.17) is 4.42 Å². The molecule has 0 aliphatic heterocycles. The van der Waals surface area contributed by atoms with E-state index in [2.05, 4.69) is 25.1 Å². The van der Waals surface area contributed by atoms with Gasteiger partial charge in [-0.25, -0.2) is 14.4 Å². The standard InChI is InChI=1S/C19H14F3N5O3/c1-10-23-9-16-27(10)26-18(29-16)14-6-4-12(8-24-14)25-17(28)11-3-5-13(20)15(7-11)30-19(2,21)22/h3-9H,1-2H3,(H,25,28). The van der Waals surface area contributed by atoms with E-state index in [-0.39, 0.29) is 11.5 Å². The molecule has 4 rings (SSSR count). The average Bonchev–Trinajstić information content (AvgIpc) is 3.25. The summed E-state index contributed by atoms with van der Waals surface area (Å²) in [5.74, 6) is -1.46. The highest BCUT2D eigenvalue weighted by molar-refractivity contribution is 6.04. The second kappa shape index (κ2) is 7.17. The van der Waals surface area contributed by atoms with Crippen molar-refractivity contribution in [2.75, 3.05) is 5.32 Å². The summed E-state index contributed by atoms with van der Waals surface area (Å²) in [6, 6.07) is 6.07. The fourth-order valence-corrected chi connectivity index (χ4v) is 2.64. The molecule has 1 amide bonds. The Bertz CT molecular complexity index is 1230. The van der Waals surface area contributed by atoms with Crippen LogP contribution in [0.15, 0.2) is 47.1 Å². The predicted octanol–water partition coefficient (Wildman–Crippen LogP) is 4.08. The molecule has 0 aliphatic rings. The van der Waals surface area contributed by atoms with Crippen molar-refractivity contribution in [3.63, 3.8) is 0 Å². The van der Waals surface area contributed by atoms with Crippen molar-refractivity contribution in [3.05, 3.63) is 59.9 Å². The molecule has 3 aromatic heterocycles. The zero-order valence-electron chi connectivity index (χ0n) is 15.7. The van der Waals surface area contributed by atoms with E-state index < -0.39 is 23.6 Å². The lowest BCUT2D eigenvalue weighted by atomic mass is 10.2. The van der Waals surface area contributed by atoms with Crippen LogP contribution in [0.2, 0.25) is 0 Å². The van der Waals surface area contributed by atoms with Crippen molar-refractivity contribution in [2.24, 2.45) is 0 Å². The number of aromatic nitrogens is 4. The van der Waals surface area contributed by atoms with Gasteiger partial charge in [0.1, 0.15) is 11.5 Å². The van der Waals surface area contributed by atoms with E-state index in [1.165, 1.54) is 16.9 Å². The van der Waals surface area contributed by atoms with Crippen molar-refractivity contribution in [2.45, 2.75) is 20.0 Å². The van der Waals surface area contributed by atoms with Crippen LogP contribution in [0.25, 0.3) is 17.3 Å². The van der Waals surface area contributed by atoms with Crippen LogP contribution in [-0.2, 0) is 0 Å². The van der Waals surface area contributed by atoms with Gasteiger partial charge in [-0.15, -0.1) is 5.10 Å². The largest absolute Gasteiger partial charge is 0.430 e. The summed E-state index contributed by atoms with van der Waals surface area (Å²) in [7, 11) is 0. The highest BCUT2D eigenvalue weighted by Crippen LogP contribution is 2.26. The lowest BCUT2D eigenvalue weighted by Crippen LogP contribution is -2.20. The lowest BCUT2D eigenvalue weighted by Gasteiger charge is -2.14. The summed E-state index contributed by atoms with van der Waals surface area (Å²) in [5.41, 5.74) is 1.16. The Balaban J connectivity index is 1.50. The molecular formula is C19H14F3N5O3. The number of carbonyl (C=O) groups excluding carboxylic acids is 1. The molecule has 8 nitrogen and oxygen atoms in total. The number of rotatable bonds is 5. The average molecular weight is 417 g/mol. The van der Waals surface area contributed by atoms with Gasteiger partial charge in [-0.1, -0.05) is 0 Å². The van der Waals surface area contributed by atoms with Crippen molar-refractivity contribution in [1.29, 1.82) is 0 Å². The number of hydrogen-bond acceptors (Lipinski definition) is 6. The Morgan fingerprint density at radius 1 is 1.20 bits per heavy atom. The zero-order chi connectivity index (χ0) is 21.5. The second-order valence-corrected chi connectivity index (χ2v) is 6.40. The number of amides is 1. The molecule has 30 heavy (non-hydrogen) atoms. The molecule has 154 valence electrons. The normalized spacial score (nSPS) is 11.6. The molecule has 4 aromatic rings. The van der Waals surface area contributed by atoms with Crippen molar-refractivity contribution in [3.8, 4) is 17.3 Å². The Hall–Kier alpha value is -3.89. The fraction of sp³-hybridized carbons (Fsp3) is 0.158. The third-order valence-corrected chi connectivity index (χ3v) is 3.99. The number of benzene rings is 1. The molecule has 1 N–H and O–H groups in total. The molecule has 3 heterocycles. The SMILES string of the molecule is Cc1ncc2oc(-c3ccc(NC(=O)c4ccc(F)c(OC(C)(F)F)c4)cn3)nn12. The Morgan fingerprint density at radius 2 is 2.00 bits per heavy atom. The van der Waals surface area contributed by atoms with E-state index in [1.807, 2.05) is 0 Å². The van der Waals surface area contributed by atoms with E-state index in [0.29, 0.717) is 29.8 Å². The second-order valence-electron chi connectivity index (χ2n) is 6.40. The number of halogens is 3. The first-order valence-corrected chi connectivity index (χ1v) is 8.65. The third-order valence-electron chi connectivity index (χ3n) is 3.99. The van der Waals surface area contributed by atoms with E-state index in [1.54, 1.807) is 19.1 Å². The van der Waals surface area contributed by atoms with E-state index in [0.717, 1.165) is 18.2 Å². The molecule has 0 fully saturated rings. The molecule has 0 atom stereocenters. The molecule has 11 heteroatoms. The number of imidazole rings is 1. The van der Waals surface area contributed by atoms with Gasteiger partial charge >= 0.3 is 6.11 Å². The Labute approximate surface area is 167 Å². The number of pyridine rings is 1. The quantitative estimate of drug-likeness (QED) is 0.526. The van der Waals surface area contributed by atoms with Crippen LogP contribution < -0.4 is 10.1 Å².